The number of amides is 1. The first-order chi connectivity index (χ1) is 11.3. The van der Waals surface area contributed by atoms with Crippen LogP contribution in [-0.2, 0) is 17.1 Å². The molecule has 0 spiro atoms. The lowest BCUT2D eigenvalue weighted by Gasteiger charge is -2.07. The zero-order valence-electron chi connectivity index (χ0n) is 12.7. The van der Waals surface area contributed by atoms with E-state index in [1.807, 2.05) is 0 Å². The molecule has 8 heteroatoms. The minimum absolute atomic E-state index is 0.0411. The summed E-state index contributed by atoms with van der Waals surface area (Å²) in [7, 11) is -2.11. The minimum atomic E-state index is -3.78. The molecule has 0 saturated heterocycles. The van der Waals surface area contributed by atoms with E-state index < -0.39 is 15.9 Å². The van der Waals surface area contributed by atoms with Gasteiger partial charge in [-0.25, -0.2) is 17.9 Å². The van der Waals surface area contributed by atoms with Crippen LogP contribution in [0.25, 0.3) is 10.9 Å². The molecule has 0 aliphatic rings. The van der Waals surface area contributed by atoms with Crippen LogP contribution in [0.5, 0.6) is 0 Å². The lowest BCUT2D eigenvalue weighted by Crippen LogP contribution is -2.16. The number of carbonyl (C=O) groups excluding carboxylic acids is 1. The molecule has 2 aromatic carbocycles. The lowest BCUT2D eigenvalue weighted by molar-refractivity contribution is 0.101. The topological polar surface area (TPSA) is 94.2 Å². The Labute approximate surface area is 137 Å². The average molecular weight is 347 g/mol. The van der Waals surface area contributed by atoms with E-state index in [0.29, 0.717) is 16.9 Å². The number of halogens is 1. The molecule has 124 valence electrons. The van der Waals surface area contributed by atoms with Crippen LogP contribution in [0.3, 0.4) is 0 Å². The fraction of sp³-hybridized carbons (Fsp3) is 0.0625. The molecule has 6 nitrogen and oxygen atoms in total. The predicted molar refractivity (Wildman–Crippen MR) is 88.6 cm³/mol. The number of rotatable bonds is 3. The molecule has 0 atom stereocenters. The molecule has 24 heavy (non-hydrogen) atoms. The number of aryl methyl sites for hydroxylation is 1. The summed E-state index contributed by atoms with van der Waals surface area (Å²) in [5.41, 5.74) is 1.37. The van der Waals surface area contributed by atoms with Crippen LogP contribution in [0, 0.1) is 5.82 Å². The Kier molecular flexibility index (Phi) is 3.86. The van der Waals surface area contributed by atoms with E-state index in [1.54, 1.807) is 23.7 Å². The number of hydrogen-bond acceptors (Lipinski definition) is 3. The third-order valence-electron chi connectivity index (χ3n) is 3.68. The molecular formula is C16H14FN3O3S. The van der Waals surface area contributed by atoms with Gasteiger partial charge in [-0.05, 0) is 48.5 Å². The van der Waals surface area contributed by atoms with Gasteiger partial charge in [-0.1, -0.05) is 0 Å². The highest BCUT2D eigenvalue weighted by Crippen LogP contribution is 2.21. The SMILES string of the molecule is Cn1c(C(=O)Nc2ccc(S(N)(=O)=O)cc2)cc2ccc(F)cc21. The van der Waals surface area contributed by atoms with E-state index in [9.17, 15) is 17.6 Å². The molecule has 0 radical (unpaired) electrons. The highest BCUT2D eigenvalue weighted by atomic mass is 32.2. The number of aromatic nitrogens is 1. The summed E-state index contributed by atoms with van der Waals surface area (Å²) in [6.07, 6.45) is 0. The minimum Gasteiger partial charge on any atom is -0.340 e. The van der Waals surface area contributed by atoms with Crippen LogP contribution in [0.4, 0.5) is 10.1 Å². The first kappa shape index (κ1) is 16.2. The number of carbonyl (C=O) groups is 1. The van der Waals surface area contributed by atoms with Crippen LogP contribution >= 0.6 is 0 Å². The van der Waals surface area contributed by atoms with E-state index in [4.69, 9.17) is 5.14 Å². The summed E-state index contributed by atoms with van der Waals surface area (Å²) in [4.78, 5) is 12.4. The summed E-state index contributed by atoms with van der Waals surface area (Å²) in [6.45, 7) is 0. The number of sulfonamides is 1. The van der Waals surface area contributed by atoms with Crippen molar-refractivity contribution in [2.45, 2.75) is 4.90 Å². The van der Waals surface area contributed by atoms with E-state index in [2.05, 4.69) is 5.32 Å². The van der Waals surface area contributed by atoms with Gasteiger partial charge in [-0.15, -0.1) is 0 Å². The standard InChI is InChI=1S/C16H14FN3O3S/c1-20-14-9-11(17)3-2-10(14)8-15(20)16(21)19-12-4-6-13(7-5-12)24(18,22)23/h2-9H,1H3,(H,19,21)(H2,18,22,23). The van der Waals surface area contributed by atoms with Gasteiger partial charge in [-0.3, -0.25) is 4.79 Å². The lowest BCUT2D eigenvalue weighted by atomic mass is 10.2. The maximum atomic E-state index is 13.3. The van der Waals surface area contributed by atoms with Gasteiger partial charge in [0.05, 0.1) is 10.4 Å². The molecule has 1 aromatic heterocycles. The van der Waals surface area contributed by atoms with E-state index in [0.717, 1.165) is 5.39 Å². The molecule has 0 saturated carbocycles. The van der Waals surface area contributed by atoms with Crippen molar-refractivity contribution in [1.29, 1.82) is 0 Å². The first-order valence-electron chi connectivity index (χ1n) is 6.95. The largest absolute Gasteiger partial charge is 0.340 e. The van der Waals surface area contributed by atoms with Gasteiger partial charge < -0.3 is 9.88 Å². The van der Waals surface area contributed by atoms with Crippen molar-refractivity contribution < 1.29 is 17.6 Å². The third-order valence-corrected chi connectivity index (χ3v) is 4.61. The molecule has 0 bridgehead atoms. The summed E-state index contributed by atoms with van der Waals surface area (Å²) in [5, 5.41) is 8.43. The van der Waals surface area contributed by atoms with Crippen molar-refractivity contribution >= 4 is 32.5 Å². The normalized spacial score (nSPS) is 11.6. The average Bonchev–Trinajstić information content (AvgIpc) is 2.84. The number of anilines is 1. The van der Waals surface area contributed by atoms with Crippen LogP contribution in [0.1, 0.15) is 10.5 Å². The molecular weight excluding hydrogens is 333 g/mol. The van der Waals surface area contributed by atoms with Crippen LogP contribution in [0.15, 0.2) is 53.4 Å². The van der Waals surface area contributed by atoms with Gasteiger partial charge in [0.1, 0.15) is 11.5 Å². The summed E-state index contributed by atoms with van der Waals surface area (Å²) >= 11 is 0. The molecule has 1 amide bonds. The highest BCUT2D eigenvalue weighted by molar-refractivity contribution is 7.89. The molecule has 0 fully saturated rings. The zero-order chi connectivity index (χ0) is 17.5. The van der Waals surface area contributed by atoms with E-state index in [1.165, 1.54) is 36.4 Å². The van der Waals surface area contributed by atoms with Crippen LogP contribution in [0.2, 0.25) is 0 Å². The maximum Gasteiger partial charge on any atom is 0.272 e. The second kappa shape index (κ2) is 5.73. The van der Waals surface area contributed by atoms with Crippen molar-refractivity contribution in [3.05, 3.63) is 60.0 Å². The van der Waals surface area contributed by atoms with Gasteiger partial charge in [0.25, 0.3) is 5.91 Å². The fourth-order valence-electron chi connectivity index (χ4n) is 2.44. The number of benzene rings is 2. The van der Waals surface area contributed by atoms with Gasteiger partial charge in [0, 0.05) is 18.1 Å². The Morgan fingerprint density at radius 2 is 1.79 bits per heavy atom. The second-order valence-corrected chi connectivity index (χ2v) is 6.88. The Morgan fingerprint density at radius 3 is 2.42 bits per heavy atom. The molecule has 1 heterocycles. The Balaban J connectivity index is 1.89. The van der Waals surface area contributed by atoms with Gasteiger partial charge in [0.2, 0.25) is 10.0 Å². The van der Waals surface area contributed by atoms with Crippen molar-refractivity contribution in [3.8, 4) is 0 Å². The van der Waals surface area contributed by atoms with Gasteiger partial charge in [0.15, 0.2) is 0 Å². The molecule has 3 rings (SSSR count). The van der Waals surface area contributed by atoms with Crippen LogP contribution in [-0.4, -0.2) is 18.9 Å². The Bertz CT molecular complexity index is 1040. The summed E-state index contributed by atoms with van der Waals surface area (Å²) < 4.78 is 37.4. The smallest absolute Gasteiger partial charge is 0.272 e. The fourth-order valence-corrected chi connectivity index (χ4v) is 2.96. The van der Waals surface area contributed by atoms with Crippen molar-refractivity contribution in [2.75, 3.05) is 5.32 Å². The zero-order valence-corrected chi connectivity index (χ0v) is 13.5. The van der Waals surface area contributed by atoms with Crippen molar-refractivity contribution in [3.63, 3.8) is 0 Å². The van der Waals surface area contributed by atoms with Crippen LogP contribution < -0.4 is 10.5 Å². The number of hydrogen-bond donors (Lipinski definition) is 2. The molecule has 3 N–H and O–H groups in total. The number of fused-ring (bicyclic) bond motifs is 1. The highest BCUT2D eigenvalue weighted by Gasteiger charge is 2.14. The van der Waals surface area contributed by atoms with Crippen molar-refractivity contribution in [1.82, 2.24) is 4.57 Å². The second-order valence-electron chi connectivity index (χ2n) is 5.32. The van der Waals surface area contributed by atoms with E-state index >= 15 is 0 Å². The Morgan fingerprint density at radius 1 is 1.12 bits per heavy atom. The first-order valence-corrected chi connectivity index (χ1v) is 8.49. The monoisotopic (exact) mass is 347 g/mol. The number of nitrogens with one attached hydrogen (secondary N) is 1. The molecule has 0 aliphatic carbocycles. The predicted octanol–water partition coefficient (Wildman–Crippen LogP) is 2.22. The number of nitrogens with two attached hydrogens (primary N) is 1. The quantitative estimate of drug-likeness (QED) is 0.760. The number of nitrogens with zero attached hydrogens (tertiary/aromatic N) is 1. The Hall–Kier alpha value is -2.71. The number of primary sulfonamides is 1. The maximum absolute atomic E-state index is 13.3. The van der Waals surface area contributed by atoms with Gasteiger partial charge >= 0.3 is 0 Å². The van der Waals surface area contributed by atoms with Crippen molar-refractivity contribution in [2.24, 2.45) is 12.2 Å². The summed E-state index contributed by atoms with van der Waals surface area (Å²) in [5.74, 6) is -0.772. The molecule has 0 aliphatic heterocycles. The summed E-state index contributed by atoms with van der Waals surface area (Å²) in [6, 6.07) is 11.4. The third kappa shape index (κ3) is 3.01. The van der Waals surface area contributed by atoms with E-state index in [-0.39, 0.29) is 10.7 Å². The molecule has 0 unspecified atom stereocenters. The van der Waals surface area contributed by atoms with Gasteiger partial charge in [-0.2, -0.15) is 0 Å². The molecule has 3 aromatic rings.